The van der Waals surface area contributed by atoms with E-state index in [1.165, 1.54) is 6.33 Å². The molecule has 1 N–H and O–H groups in total. The van der Waals surface area contributed by atoms with Gasteiger partial charge in [-0.2, -0.15) is 5.10 Å². The summed E-state index contributed by atoms with van der Waals surface area (Å²) in [4.78, 5) is 31.0. The molecule has 1 fully saturated rings. The molecule has 35 heavy (non-hydrogen) atoms. The van der Waals surface area contributed by atoms with Crippen LogP contribution in [0.25, 0.3) is 0 Å². The zero-order valence-corrected chi connectivity index (χ0v) is 20.0. The van der Waals surface area contributed by atoms with Gasteiger partial charge in [0, 0.05) is 25.2 Å². The molecule has 2 heterocycles. The topological polar surface area (TPSA) is 98.6 Å². The van der Waals surface area contributed by atoms with E-state index in [1.54, 1.807) is 29.2 Å². The molecule has 3 aromatic rings. The predicted octanol–water partition coefficient (Wildman–Crippen LogP) is 3.05. The fourth-order valence-electron chi connectivity index (χ4n) is 4.03. The molecule has 1 saturated heterocycles. The van der Waals surface area contributed by atoms with Crippen LogP contribution in [0.3, 0.4) is 0 Å². The number of likely N-dealkylation sites (tertiary alicyclic amines) is 1. The van der Waals surface area contributed by atoms with Gasteiger partial charge in [-0.25, -0.2) is 9.67 Å². The third-order valence-corrected chi connectivity index (χ3v) is 5.82. The number of hydrogen-bond donors (Lipinski definition) is 1. The molecule has 2 amide bonds. The molecular formula is C26H31N5O4. The van der Waals surface area contributed by atoms with Crippen LogP contribution in [0, 0.1) is 0 Å². The van der Waals surface area contributed by atoms with Crippen LogP contribution in [0.5, 0.6) is 11.5 Å². The first-order valence-electron chi connectivity index (χ1n) is 12.0. The van der Waals surface area contributed by atoms with Crippen LogP contribution in [-0.2, 0) is 17.9 Å². The maximum atomic E-state index is 12.8. The van der Waals surface area contributed by atoms with Gasteiger partial charge in [0.05, 0.1) is 13.2 Å². The van der Waals surface area contributed by atoms with E-state index in [0.29, 0.717) is 36.8 Å². The summed E-state index contributed by atoms with van der Waals surface area (Å²) >= 11 is 0. The summed E-state index contributed by atoms with van der Waals surface area (Å²) in [5.41, 5.74) is 2.51. The van der Waals surface area contributed by atoms with Gasteiger partial charge in [-0.1, -0.05) is 24.3 Å². The summed E-state index contributed by atoms with van der Waals surface area (Å²) in [7, 11) is 0. The molecule has 9 nitrogen and oxygen atoms in total. The van der Waals surface area contributed by atoms with Crippen LogP contribution >= 0.6 is 0 Å². The predicted molar refractivity (Wildman–Crippen MR) is 130 cm³/mol. The van der Waals surface area contributed by atoms with E-state index in [0.717, 1.165) is 43.5 Å². The lowest BCUT2D eigenvalue weighted by molar-refractivity contribution is -0.134. The Bertz CT molecular complexity index is 1130. The van der Waals surface area contributed by atoms with Crippen molar-refractivity contribution in [3.8, 4) is 11.5 Å². The van der Waals surface area contributed by atoms with E-state index in [-0.39, 0.29) is 18.4 Å². The summed E-state index contributed by atoms with van der Waals surface area (Å²) in [5, 5.41) is 7.08. The van der Waals surface area contributed by atoms with Crippen LogP contribution < -0.4 is 14.8 Å². The highest BCUT2D eigenvalue weighted by Crippen LogP contribution is 2.29. The van der Waals surface area contributed by atoms with E-state index < -0.39 is 0 Å². The Balaban J connectivity index is 1.35. The molecule has 0 aliphatic carbocycles. The molecule has 0 unspecified atom stereocenters. The molecule has 0 spiro atoms. The molecule has 0 atom stereocenters. The van der Waals surface area contributed by atoms with Crippen molar-refractivity contribution in [2.24, 2.45) is 0 Å². The highest BCUT2D eigenvalue weighted by molar-refractivity contribution is 5.94. The molecule has 2 aromatic carbocycles. The zero-order chi connectivity index (χ0) is 24.5. The lowest BCUT2D eigenvalue weighted by Gasteiger charge is -2.26. The molecule has 184 valence electrons. The van der Waals surface area contributed by atoms with Crippen LogP contribution in [0.1, 0.15) is 47.7 Å². The molecule has 4 rings (SSSR count). The Morgan fingerprint density at radius 3 is 2.60 bits per heavy atom. The van der Waals surface area contributed by atoms with Crippen molar-refractivity contribution < 1.29 is 19.1 Å². The van der Waals surface area contributed by atoms with Crippen LogP contribution in [-0.4, -0.2) is 57.8 Å². The van der Waals surface area contributed by atoms with Gasteiger partial charge < -0.3 is 19.7 Å². The normalized spacial score (nSPS) is 13.3. The van der Waals surface area contributed by atoms with Gasteiger partial charge in [-0.05, 0) is 55.5 Å². The van der Waals surface area contributed by atoms with Crippen LogP contribution in [0.2, 0.25) is 0 Å². The Kier molecular flexibility index (Phi) is 8.32. The summed E-state index contributed by atoms with van der Waals surface area (Å²) in [5.74, 6) is 0.652. The van der Waals surface area contributed by atoms with Gasteiger partial charge in [0.25, 0.3) is 11.8 Å². The lowest BCUT2D eigenvalue weighted by Crippen LogP contribution is -2.38. The van der Waals surface area contributed by atoms with E-state index in [9.17, 15) is 9.59 Å². The first kappa shape index (κ1) is 24.3. The number of rotatable bonds is 10. The monoisotopic (exact) mass is 477 g/mol. The fraction of sp³-hybridized carbons (Fsp3) is 0.385. The van der Waals surface area contributed by atoms with Gasteiger partial charge in [0.2, 0.25) is 0 Å². The van der Waals surface area contributed by atoms with Gasteiger partial charge in [0.1, 0.15) is 12.7 Å². The highest BCUT2D eigenvalue weighted by atomic mass is 16.5. The molecular weight excluding hydrogens is 446 g/mol. The number of amides is 2. The summed E-state index contributed by atoms with van der Waals surface area (Å²) in [6.45, 7) is 4.79. The molecule has 0 saturated carbocycles. The third kappa shape index (κ3) is 6.81. The standard InChI is InChI=1S/C26H31N5O4/c1-2-34-24-14-22(9-10-23(24)35-17-25(32)30-11-4-3-5-12-30)26(33)28-15-20-7-6-8-21(13-20)16-31-19-27-18-29-31/h6-10,13-14,18-19H,2-5,11-12,15-17H2,1H3,(H,28,33). The zero-order valence-electron chi connectivity index (χ0n) is 20.0. The first-order valence-corrected chi connectivity index (χ1v) is 12.0. The Morgan fingerprint density at radius 2 is 1.83 bits per heavy atom. The summed E-state index contributed by atoms with van der Waals surface area (Å²) in [6, 6.07) is 13.0. The molecule has 0 bridgehead atoms. The van der Waals surface area contributed by atoms with Crippen LogP contribution in [0.15, 0.2) is 55.1 Å². The smallest absolute Gasteiger partial charge is 0.260 e. The van der Waals surface area contributed by atoms with Crippen molar-refractivity contribution in [3.63, 3.8) is 0 Å². The van der Waals surface area contributed by atoms with E-state index in [2.05, 4.69) is 15.4 Å². The van der Waals surface area contributed by atoms with Gasteiger partial charge in [0.15, 0.2) is 18.1 Å². The van der Waals surface area contributed by atoms with E-state index in [4.69, 9.17) is 9.47 Å². The Morgan fingerprint density at radius 1 is 1.00 bits per heavy atom. The molecule has 1 aliphatic heterocycles. The minimum atomic E-state index is -0.219. The maximum Gasteiger partial charge on any atom is 0.260 e. The highest BCUT2D eigenvalue weighted by Gasteiger charge is 2.18. The number of nitrogens with zero attached hydrogens (tertiary/aromatic N) is 4. The number of nitrogens with one attached hydrogen (secondary N) is 1. The molecule has 1 aliphatic rings. The van der Waals surface area contributed by atoms with Crippen molar-refractivity contribution in [1.29, 1.82) is 0 Å². The van der Waals surface area contributed by atoms with Crippen molar-refractivity contribution in [2.45, 2.75) is 39.3 Å². The lowest BCUT2D eigenvalue weighted by atomic mass is 10.1. The number of aromatic nitrogens is 3. The van der Waals surface area contributed by atoms with Gasteiger partial charge >= 0.3 is 0 Å². The average molecular weight is 478 g/mol. The van der Waals surface area contributed by atoms with Crippen molar-refractivity contribution in [2.75, 3.05) is 26.3 Å². The Labute approximate surface area is 205 Å². The molecule has 1 aromatic heterocycles. The number of ether oxygens (including phenoxy) is 2. The SMILES string of the molecule is CCOc1cc(C(=O)NCc2cccc(Cn3cncn3)c2)ccc1OCC(=O)N1CCCCC1. The fourth-order valence-corrected chi connectivity index (χ4v) is 4.03. The average Bonchev–Trinajstić information content (AvgIpc) is 3.40. The maximum absolute atomic E-state index is 12.8. The largest absolute Gasteiger partial charge is 0.490 e. The minimum Gasteiger partial charge on any atom is -0.490 e. The van der Waals surface area contributed by atoms with Gasteiger partial charge in [-0.15, -0.1) is 0 Å². The second kappa shape index (κ2) is 12.0. The second-order valence-corrected chi connectivity index (χ2v) is 8.42. The van der Waals surface area contributed by atoms with E-state index >= 15 is 0 Å². The second-order valence-electron chi connectivity index (χ2n) is 8.42. The van der Waals surface area contributed by atoms with Crippen molar-refractivity contribution in [1.82, 2.24) is 25.0 Å². The third-order valence-electron chi connectivity index (χ3n) is 5.82. The van der Waals surface area contributed by atoms with E-state index in [1.807, 2.05) is 36.1 Å². The van der Waals surface area contributed by atoms with Gasteiger partial charge in [-0.3, -0.25) is 9.59 Å². The molecule has 9 heteroatoms. The minimum absolute atomic E-state index is 0.0278. The Hall–Kier alpha value is -3.88. The number of piperidine rings is 1. The number of carbonyl (C=O) groups is 2. The molecule has 0 radical (unpaired) electrons. The summed E-state index contributed by atoms with van der Waals surface area (Å²) < 4.78 is 13.2. The van der Waals surface area contributed by atoms with Crippen LogP contribution in [0.4, 0.5) is 0 Å². The quantitative estimate of drug-likeness (QED) is 0.482. The number of hydrogen-bond acceptors (Lipinski definition) is 6. The van der Waals surface area contributed by atoms with Crippen molar-refractivity contribution >= 4 is 11.8 Å². The summed E-state index contributed by atoms with van der Waals surface area (Å²) in [6.07, 6.45) is 6.40. The number of carbonyl (C=O) groups excluding carboxylic acids is 2. The number of benzene rings is 2. The first-order chi connectivity index (χ1) is 17.1. The van der Waals surface area contributed by atoms with Crippen molar-refractivity contribution in [3.05, 3.63) is 71.8 Å².